The average molecular weight is 462 g/mol. The molecule has 2 aromatic carbocycles. The summed E-state index contributed by atoms with van der Waals surface area (Å²) in [6.45, 7) is 2.39. The molecule has 1 N–H and O–H groups in total. The van der Waals surface area contributed by atoms with Crippen LogP contribution in [-0.4, -0.2) is 62.1 Å². The van der Waals surface area contributed by atoms with Gasteiger partial charge < -0.3 is 19.5 Å². The lowest BCUT2D eigenvalue weighted by Crippen LogP contribution is -2.40. The van der Waals surface area contributed by atoms with Gasteiger partial charge in [0.25, 0.3) is 5.91 Å². The topological polar surface area (TPSA) is 89.4 Å². The zero-order valence-electron chi connectivity index (χ0n) is 18.1. The number of morpholine rings is 1. The minimum absolute atomic E-state index is 0.0123. The van der Waals surface area contributed by atoms with E-state index in [1.54, 1.807) is 24.6 Å². The van der Waals surface area contributed by atoms with E-state index in [0.29, 0.717) is 37.8 Å². The minimum Gasteiger partial charge on any atom is -0.378 e. The third-order valence-electron chi connectivity index (χ3n) is 5.56. The molecule has 1 unspecified atom stereocenters. The Balaban J connectivity index is 1.35. The summed E-state index contributed by atoms with van der Waals surface area (Å²) >= 11 is 0. The predicted octanol–water partition coefficient (Wildman–Crippen LogP) is 3.37. The number of hydrogen-bond donors (Lipinski definition) is 1. The lowest BCUT2D eigenvalue weighted by atomic mass is 10.1. The molecule has 8 nitrogen and oxygen atoms in total. The van der Waals surface area contributed by atoms with E-state index < -0.39 is 10.8 Å². The highest BCUT2D eigenvalue weighted by Gasteiger charge is 2.18. The summed E-state index contributed by atoms with van der Waals surface area (Å²) < 4.78 is 18.9. The van der Waals surface area contributed by atoms with Crippen molar-refractivity contribution in [1.29, 1.82) is 0 Å². The first-order valence-electron chi connectivity index (χ1n) is 10.6. The van der Waals surface area contributed by atoms with Gasteiger partial charge in [-0.2, -0.15) is 4.98 Å². The molecule has 1 saturated heterocycles. The van der Waals surface area contributed by atoms with Crippen molar-refractivity contribution < 1.29 is 13.7 Å². The highest BCUT2D eigenvalue weighted by molar-refractivity contribution is 7.84. The van der Waals surface area contributed by atoms with E-state index in [-0.39, 0.29) is 5.91 Å². The fourth-order valence-corrected chi connectivity index (χ4v) is 4.28. The van der Waals surface area contributed by atoms with Gasteiger partial charge in [0.15, 0.2) is 0 Å². The van der Waals surface area contributed by atoms with Gasteiger partial charge in [0.05, 0.1) is 13.2 Å². The van der Waals surface area contributed by atoms with Crippen molar-refractivity contribution in [3.63, 3.8) is 0 Å². The SMILES string of the molecule is CS(=O)c1ccc(-n2ccc3cnc(Nc4ccc(C(=O)N5CCOCC5)cc4)nc32)cc1. The Morgan fingerprint density at radius 2 is 1.76 bits per heavy atom. The van der Waals surface area contributed by atoms with Crippen molar-refractivity contribution in [1.82, 2.24) is 19.4 Å². The van der Waals surface area contributed by atoms with Gasteiger partial charge >= 0.3 is 0 Å². The van der Waals surface area contributed by atoms with E-state index >= 15 is 0 Å². The Labute approximate surface area is 193 Å². The Morgan fingerprint density at radius 3 is 2.45 bits per heavy atom. The summed E-state index contributed by atoms with van der Waals surface area (Å²) in [5, 5.41) is 4.13. The third kappa shape index (κ3) is 4.50. The van der Waals surface area contributed by atoms with Crippen LogP contribution >= 0.6 is 0 Å². The molecule has 1 aliphatic rings. The van der Waals surface area contributed by atoms with Crippen LogP contribution in [0.5, 0.6) is 0 Å². The standard InChI is InChI=1S/C24H23N5O3S/c1-33(31)21-8-6-20(7-9-21)29-11-10-18-16-25-24(27-22(18)29)26-19-4-2-17(3-5-19)23(30)28-12-14-32-15-13-28/h2-11,16H,12-15H2,1H3,(H,25,26,27). The molecule has 0 spiro atoms. The number of nitrogens with zero attached hydrogens (tertiary/aromatic N) is 4. The van der Waals surface area contributed by atoms with E-state index in [2.05, 4.69) is 15.3 Å². The molecule has 3 heterocycles. The first-order valence-corrected chi connectivity index (χ1v) is 12.2. The van der Waals surface area contributed by atoms with Gasteiger partial charge in [-0.15, -0.1) is 0 Å². The van der Waals surface area contributed by atoms with E-state index in [4.69, 9.17) is 4.74 Å². The number of fused-ring (bicyclic) bond motifs is 1. The van der Waals surface area contributed by atoms with Crippen molar-refractivity contribution in [2.75, 3.05) is 37.9 Å². The van der Waals surface area contributed by atoms with Crippen LogP contribution in [0.25, 0.3) is 16.7 Å². The molecular weight excluding hydrogens is 438 g/mol. The van der Waals surface area contributed by atoms with Crippen molar-refractivity contribution in [2.45, 2.75) is 4.90 Å². The minimum atomic E-state index is -1.02. The Morgan fingerprint density at radius 1 is 1.03 bits per heavy atom. The van der Waals surface area contributed by atoms with Crippen LogP contribution in [0.4, 0.5) is 11.6 Å². The Kier molecular flexibility index (Phi) is 5.89. The van der Waals surface area contributed by atoms with Gasteiger partial charge in [0.1, 0.15) is 5.65 Å². The van der Waals surface area contributed by atoms with Crippen LogP contribution in [0, 0.1) is 0 Å². The second kappa shape index (κ2) is 9.13. The van der Waals surface area contributed by atoms with Crippen molar-refractivity contribution in [2.24, 2.45) is 0 Å². The molecule has 4 aromatic rings. The number of nitrogens with one attached hydrogen (secondary N) is 1. The lowest BCUT2D eigenvalue weighted by Gasteiger charge is -2.26. The normalized spacial score (nSPS) is 14.9. The van der Waals surface area contributed by atoms with Gasteiger partial charge in [-0.05, 0) is 54.6 Å². The van der Waals surface area contributed by atoms with Crippen LogP contribution in [-0.2, 0) is 15.5 Å². The maximum absolute atomic E-state index is 12.6. The molecule has 1 atom stereocenters. The summed E-state index contributed by atoms with van der Waals surface area (Å²) in [5.74, 6) is 0.472. The Hall–Kier alpha value is -3.56. The molecule has 0 aliphatic carbocycles. The molecule has 1 amide bonds. The molecule has 9 heteroatoms. The van der Waals surface area contributed by atoms with E-state index in [1.165, 1.54) is 0 Å². The van der Waals surface area contributed by atoms with Crippen LogP contribution < -0.4 is 5.32 Å². The lowest BCUT2D eigenvalue weighted by molar-refractivity contribution is 0.0303. The average Bonchev–Trinajstić information content (AvgIpc) is 3.28. The molecule has 1 fully saturated rings. The monoisotopic (exact) mass is 461 g/mol. The van der Waals surface area contributed by atoms with Crippen LogP contribution in [0.2, 0.25) is 0 Å². The predicted molar refractivity (Wildman–Crippen MR) is 128 cm³/mol. The molecule has 1 aliphatic heterocycles. The molecule has 0 bridgehead atoms. The molecule has 0 saturated carbocycles. The van der Waals surface area contributed by atoms with Gasteiger partial charge in [-0.25, -0.2) is 4.98 Å². The smallest absolute Gasteiger partial charge is 0.254 e. The summed E-state index contributed by atoms with van der Waals surface area (Å²) in [6.07, 6.45) is 5.37. The quantitative estimate of drug-likeness (QED) is 0.490. The molecule has 5 rings (SSSR count). The third-order valence-corrected chi connectivity index (χ3v) is 6.50. The fourth-order valence-electron chi connectivity index (χ4n) is 3.76. The van der Waals surface area contributed by atoms with Gasteiger partial charge in [-0.3, -0.25) is 9.00 Å². The number of ether oxygens (including phenoxy) is 1. The summed E-state index contributed by atoms with van der Waals surface area (Å²) in [5.41, 5.74) is 3.12. The fraction of sp³-hybridized carbons (Fsp3) is 0.208. The van der Waals surface area contributed by atoms with Gasteiger partial charge in [-0.1, -0.05) is 0 Å². The number of hydrogen-bond acceptors (Lipinski definition) is 6. The number of carbonyl (C=O) groups is 1. The van der Waals surface area contributed by atoms with Crippen molar-refractivity contribution >= 4 is 39.4 Å². The van der Waals surface area contributed by atoms with Crippen molar-refractivity contribution in [3.05, 3.63) is 72.6 Å². The van der Waals surface area contributed by atoms with Gasteiger partial charge in [0.2, 0.25) is 5.95 Å². The molecule has 2 aromatic heterocycles. The van der Waals surface area contributed by atoms with Gasteiger partial charge in [0, 0.05) is 69.8 Å². The van der Waals surface area contributed by atoms with Crippen LogP contribution in [0.3, 0.4) is 0 Å². The van der Waals surface area contributed by atoms with Crippen molar-refractivity contribution in [3.8, 4) is 5.69 Å². The summed E-state index contributed by atoms with van der Waals surface area (Å²) in [7, 11) is -1.02. The van der Waals surface area contributed by atoms with E-state index in [0.717, 1.165) is 27.3 Å². The molecule has 168 valence electrons. The maximum atomic E-state index is 12.6. The second-order valence-corrected chi connectivity index (χ2v) is 9.09. The molecule has 33 heavy (non-hydrogen) atoms. The zero-order chi connectivity index (χ0) is 22.8. The molecular formula is C24H23N5O3S. The number of anilines is 2. The first-order chi connectivity index (χ1) is 16.1. The maximum Gasteiger partial charge on any atom is 0.254 e. The highest BCUT2D eigenvalue weighted by atomic mass is 32.2. The van der Waals surface area contributed by atoms with Crippen LogP contribution in [0.1, 0.15) is 10.4 Å². The van der Waals surface area contributed by atoms with E-state index in [9.17, 15) is 9.00 Å². The van der Waals surface area contributed by atoms with Crippen LogP contribution in [0.15, 0.2) is 71.9 Å². The summed E-state index contributed by atoms with van der Waals surface area (Å²) in [6, 6.07) is 16.8. The second-order valence-electron chi connectivity index (χ2n) is 7.71. The highest BCUT2D eigenvalue weighted by Crippen LogP contribution is 2.22. The number of amides is 1. The van der Waals surface area contributed by atoms with E-state index in [1.807, 2.05) is 58.1 Å². The summed E-state index contributed by atoms with van der Waals surface area (Å²) in [4.78, 5) is 24.3. The number of benzene rings is 2. The number of aromatic nitrogens is 3. The Bertz CT molecular complexity index is 1310. The zero-order valence-corrected chi connectivity index (χ0v) is 18.9. The number of carbonyl (C=O) groups excluding carboxylic acids is 1. The molecule has 0 radical (unpaired) electrons. The number of rotatable bonds is 5. The first kappa shape index (κ1) is 21.3. The largest absolute Gasteiger partial charge is 0.378 e.